The second-order valence-corrected chi connectivity index (χ2v) is 8.49. The molecule has 1 fully saturated rings. The van der Waals surface area contributed by atoms with Gasteiger partial charge in [-0.2, -0.15) is 0 Å². The lowest BCUT2D eigenvalue weighted by Crippen LogP contribution is -2.39. The highest BCUT2D eigenvalue weighted by molar-refractivity contribution is 6.31. The third kappa shape index (κ3) is 4.54. The summed E-state index contributed by atoms with van der Waals surface area (Å²) in [6.07, 6.45) is 3.95. The molecule has 8 heteroatoms. The standard InChI is InChI=1S/C25H21ClFN3O3/c26-20-9-3-1-6-16(20)12-18-14-28-24(32-18)17-7-5-11-30(15-17)25(31)23-13-22(29-33-23)19-8-2-4-10-21(19)27/h1-4,6,8-10,13-14,17H,5,7,11-12,15H2. The number of aromatic nitrogens is 2. The van der Waals surface area contributed by atoms with Gasteiger partial charge in [-0.25, -0.2) is 9.37 Å². The highest BCUT2D eigenvalue weighted by atomic mass is 35.5. The van der Waals surface area contributed by atoms with Gasteiger partial charge in [-0.05, 0) is 36.6 Å². The Hall–Kier alpha value is -3.45. The second-order valence-electron chi connectivity index (χ2n) is 8.08. The fourth-order valence-electron chi connectivity index (χ4n) is 4.11. The smallest absolute Gasteiger partial charge is 0.292 e. The number of piperidine rings is 1. The van der Waals surface area contributed by atoms with Crippen molar-refractivity contribution >= 4 is 17.5 Å². The average Bonchev–Trinajstić information content (AvgIpc) is 3.51. The van der Waals surface area contributed by atoms with E-state index >= 15 is 0 Å². The van der Waals surface area contributed by atoms with Crippen LogP contribution < -0.4 is 0 Å². The number of carbonyl (C=O) groups is 1. The zero-order chi connectivity index (χ0) is 22.8. The predicted molar refractivity (Wildman–Crippen MR) is 121 cm³/mol. The van der Waals surface area contributed by atoms with Gasteiger partial charge in [-0.3, -0.25) is 4.79 Å². The summed E-state index contributed by atoms with van der Waals surface area (Å²) in [6.45, 7) is 1.05. The molecule has 1 saturated heterocycles. The lowest BCUT2D eigenvalue weighted by atomic mass is 9.97. The molecule has 2 aromatic heterocycles. The maximum atomic E-state index is 14.0. The van der Waals surface area contributed by atoms with E-state index in [4.69, 9.17) is 20.5 Å². The van der Waals surface area contributed by atoms with Gasteiger partial charge in [0.05, 0.1) is 12.1 Å². The minimum absolute atomic E-state index is 0.0170. The lowest BCUT2D eigenvalue weighted by Gasteiger charge is -2.30. The van der Waals surface area contributed by atoms with Gasteiger partial charge < -0.3 is 13.8 Å². The molecule has 0 aliphatic carbocycles. The SMILES string of the molecule is O=C(c1cc(-c2ccccc2F)no1)N1CCCC(c2ncc(Cc3ccccc3Cl)o2)C1. The largest absolute Gasteiger partial charge is 0.445 e. The van der Waals surface area contributed by atoms with Crippen LogP contribution in [0.1, 0.15) is 46.5 Å². The van der Waals surface area contributed by atoms with Crippen molar-refractivity contribution in [3.63, 3.8) is 0 Å². The molecule has 5 rings (SSSR count). The molecular weight excluding hydrogens is 445 g/mol. The molecule has 1 aliphatic heterocycles. The molecule has 1 atom stereocenters. The van der Waals surface area contributed by atoms with E-state index in [0.717, 1.165) is 24.2 Å². The number of rotatable bonds is 5. The van der Waals surface area contributed by atoms with E-state index in [-0.39, 0.29) is 17.6 Å². The molecule has 2 aromatic carbocycles. The van der Waals surface area contributed by atoms with Crippen LogP contribution in [0.2, 0.25) is 5.02 Å². The number of benzene rings is 2. The minimum atomic E-state index is -0.417. The molecule has 0 radical (unpaired) electrons. The van der Waals surface area contributed by atoms with Crippen LogP contribution in [-0.4, -0.2) is 34.0 Å². The number of nitrogens with zero attached hydrogens (tertiary/aromatic N) is 3. The zero-order valence-corrected chi connectivity index (χ0v) is 18.5. The fraction of sp³-hybridized carbons (Fsp3) is 0.240. The number of hydrogen-bond donors (Lipinski definition) is 0. The van der Waals surface area contributed by atoms with Crippen LogP contribution in [0.25, 0.3) is 11.3 Å². The molecule has 1 unspecified atom stereocenters. The normalized spacial score (nSPS) is 16.2. The van der Waals surface area contributed by atoms with Gasteiger partial charge in [0, 0.05) is 36.2 Å². The first kappa shape index (κ1) is 21.4. The van der Waals surface area contributed by atoms with Crippen molar-refractivity contribution in [2.24, 2.45) is 0 Å². The van der Waals surface area contributed by atoms with Gasteiger partial charge in [-0.15, -0.1) is 0 Å². The van der Waals surface area contributed by atoms with Crippen molar-refractivity contribution < 1.29 is 18.1 Å². The number of amides is 1. The summed E-state index contributed by atoms with van der Waals surface area (Å²) in [4.78, 5) is 19.2. The Kier molecular flexibility index (Phi) is 5.96. The number of oxazole rings is 1. The van der Waals surface area contributed by atoms with Crippen LogP contribution in [0.4, 0.5) is 4.39 Å². The van der Waals surface area contributed by atoms with Gasteiger partial charge in [0.2, 0.25) is 5.76 Å². The summed E-state index contributed by atoms with van der Waals surface area (Å²) in [6, 6.07) is 15.4. The number of hydrogen-bond acceptors (Lipinski definition) is 5. The molecule has 3 heterocycles. The molecule has 168 valence electrons. The molecule has 1 amide bonds. The van der Waals surface area contributed by atoms with Gasteiger partial charge in [0.1, 0.15) is 17.3 Å². The van der Waals surface area contributed by atoms with Crippen LogP contribution in [-0.2, 0) is 6.42 Å². The molecule has 33 heavy (non-hydrogen) atoms. The average molecular weight is 466 g/mol. The monoisotopic (exact) mass is 465 g/mol. The Bertz CT molecular complexity index is 1290. The van der Waals surface area contributed by atoms with Gasteiger partial charge >= 0.3 is 0 Å². The first-order valence-corrected chi connectivity index (χ1v) is 11.1. The Morgan fingerprint density at radius 1 is 1.18 bits per heavy atom. The predicted octanol–water partition coefficient (Wildman–Crippen LogP) is 5.73. The third-order valence-corrected chi connectivity index (χ3v) is 6.19. The van der Waals surface area contributed by atoms with E-state index in [1.54, 1.807) is 29.3 Å². The van der Waals surface area contributed by atoms with Crippen LogP contribution in [0.3, 0.4) is 0 Å². The van der Waals surface area contributed by atoms with E-state index in [0.29, 0.717) is 41.7 Å². The highest BCUT2D eigenvalue weighted by Gasteiger charge is 2.30. The van der Waals surface area contributed by atoms with Crippen LogP contribution >= 0.6 is 11.6 Å². The van der Waals surface area contributed by atoms with Crippen LogP contribution in [0.15, 0.2) is 69.7 Å². The van der Waals surface area contributed by atoms with Crippen molar-refractivity contribution in [3.05, 3.63) is 94.6 Å². The summed E-state index contributed by atoms with van der Waals surface area (Å²) in [5.74, 6) is 0.708. The molecule has 4 aromatic rings. The zero-order valence-electron chi connectivity index (χ0n) is 17.7. The van der Waals surface area contributed by atoms with E-state index in [1.165, 1.54) is 12.1 Å². The molecular formula is C25H21ClFN3O3. The molecule has 6 nitrogen and oxygen atoms in total. The van der Waals surface area contributed by atoms with Crippen molar-refractivity contribution in [1.82, 2.24) is 15.0 Å². The van der Waals surface area contributed by atoms with Gasteiger partial charge in [0.25, 0.3) is 5.91 Å². The van der Waals surface area contributed by atoms with E-state index in [1.807, 2.05) is 24.3 Å². The Morgan fingerprint density at radius 3 is 2.85 bits per heavy atom. The summed E-state index contributed by atoms with van der Waals surface area (Å²) in [7, 11) is 0. The minimum Gasteiger partial charge on any atom is -0.445 e. The third-order valence-electron chi connectivity index (χ3n) is 5.82. The number of carbonyl (C=O) groups excluding carboxylic acids is 1. The van der Waals surface area contributed by atoms with Crippen molar-refractivity contribution in [2.75, 3.05) is 13.1 Å². The molecule has 0 saturated carbocycles. The molecule has 1 aliphatic rings. The van der Waals surface area contributed by atoms with Crippen molar-refractivity contribution in [1.29, 1.82) is 0 Å². The fourth-order valence-corrected chi connectivity index (χ4v) is 4.32. The Morgan fingerprint density at radius 2 is 2.00 bits per heavy atom. The second kappa shape index (κ2) is 9.19. The van der Waals surface area contributed by atoms with Crippen LogP contribution in [0.5, 0.6) is 0 Å². The van der Waals surface area contributed by atoms with Gasteiger partial charge in [-0.1, -0.05) is 47.1 Å². The maximum absolute atomic E-state index is 14.0. The summed E-state index contributed by atoms with van der Waals surface area (Å²) >= 11 is 6.25. The summed E-state index contributed by atoms with van der Waals surface area (Å²) < 4.78 is 25.3. The first-order valence-electron chi connectivity index (χ1n) is 10.8. The maximum Gasteiger partial charge on any atom is 0.292 e. The van der Waals surface area contributed by atoms with E-state index in [9.17, 15) is 9.18 Å². The van der Waals surface area contributed by atoms with Gasteiger partial charge in [0.15, 0.2) is 5.89 Å². The summed E-state index contributed by atoms with van der Waals surface area (Å²) in [5.41, 5.74) is 1.56. The van der Waals surface area contributed by atoms with Crippen molar-refractivity contribution in [2.45, 2.75) is 25.2 Å². The number of halogens is 2. The van der Waals surface area contributed by atoms with E-state index < -0.39 is 5.82 Å². The topological polar surface area (TPSA) is 72.4 Å². The Labute approximate surface area is 195 Å². The molecule has 0 N–H and O–H groups in total. The lowest BCUT2D eigenvalue weighted by molar-refractivity contribution is 0.0656. The molecule has 0 bridgehead atoms. The first-order chi connectivity index (χ1) is 16.1. The van der Waals surface area contributed by atoms with Crippen LogP contribution in [0, 0.1) is 5.82 Å². The number of likely N-dealkylation sites (tertiary alicyclic amines) is 1. The molecule has 0 spiro atoms. The quantitative estimate of drug-likeness (QED) is 0.376. The van der Waals surface area contributed by atoms with E-state index in [2.05, 4.69) is 10.1 Å². The summed E-state index contributed by atoms with van der Waals surface area (Å²) in [5, 5.41) is 4.57. The Balaban J connectivity index is 1.28. The van der Waals surface area contributed by atoms with Crippen molar-refractivity contribution in [3.8, 4) is 11.3 Å². The highest BCUT2D eigenvalue weighted by Crippen LogP contribution is 2.29.